The Labute approximate surface area is 75.7 Å². The minimum absolute atomic E-state index is 0.215. The van der Waals surface area contributed by atoms with Gasteiger partial charge in [-0.25, -0.2) is 4.39 Å². The Hall–Kier alpha value is -0.900. The van der Waals surface area contributed by atoms with Gasteiger partial charge in [0.05, 0.1) is 7.11 Å². The average Bonchev–Trinajstić information content (AvgIpc) is 2.04. The molecule has 12 heavy (non-hydrogen) atoms. The Morgan fingerprint density at radius 3 is 2.58 bits per heavy atom. The zero-order chi connectivity index (χ0) is 8.97. The molecule has 0 N–H and O–H groups in total. The van der Waals surface area contributed by atoms with Crippen molar-refractivity contribution in [3.05, 3.63) is 24.0 Å². The van der Waals surface area contributed by atoms with Gasteiger partial charge in [0, 0.05) is 18.2 Å². The Balaban J connectivity index is 2.90. The van der Waals surface area contributed by atoms with E-state index in [1.807, 2.05) is 0 Å². The summed E-state index contributed by atoms with van der Waals surface area (Å²) in [6.07, 6.45) is 0. The van der Waals surface area contributed by atoms with Gasteiger partial charge < -0.3 is 9.47 Å². The SMILES string of the molecule is COc1cc(F)cc(OCS)c1. The highest BCUT2D eigenvalue weighted by Crippen LogP contribution is 2.21. The fourth-order valence-electron chi connectivity index (χ4n) is 0.813. The van der Waals surface area contributed by atoms with Crippen molar-refractivity contribution in [3.63, 3.8) is 0 Å². The zero-order valence-corrected chi connectivity index (χ0v) is 7.48. The Bertz CT molecular complexity index is 265. The van der Waals surface area contributed by atoms with Gasteiger partial charge in [-0.05, 0) is 0 Å². The van der Waals surface area contributed by atoms with E-state index in [9.17, 15) is 4.39 Å². The van der Waals surface area contributed by atoms with Gasteiger partial charge in [-0.3, -0.25) is 0 Å². The maximum atomic E-state index is 12.8. The molecule has 0 aromatic heterocycles. The fourth-order valence-corrected chi connectivity index (χ4v) is 0.962. The van der Waals surface area contributed by atoms with Crippen molar-refractivity contribution in [1.29, 1.82) is 0 Å². The van der Waals surface area contributed by atoms with E-state index in [2.05, 4.69) is 12.6 Å². The molecule has 0 heterocycles. The highest BCUT2D eigenvalue weighted by molar-refractivity contribution is 7.80. The van der Waals surface area contributed by atoms with E-state index in [1.54, 1.807) is 6.07 Å². The minimum Gasteiger partial charge on any atom is -0.497 e. The molecule has 1 rings (SSSR count). The first-order valence-corrected chi connectivity index (χ1v) is 3.97. The molecule has 1 aromatic carbocycles. The maximum absolute atomic E-state index is 12.8. The molecule has 0 unspecified atom stereocenters. The van der Waals surface area contributed by atoms with E-state index in [0.29, 0.717) is 11.5 Å². The molecule has 2 nitrogen and oxygen atoms in total. The lowest BCUT2D eigenvalue weighted by Crippen LogP contribution is -1.91. The van der Waals surface area contributed by atoms with Gasteiger partial charge >= 0.3 is 0 Å². The van der Waals surface area contributed by atoms with Crippen LogP contribution in [0.25, 0.3) is 0 Å². The third-order valence-electron chi connectivity index (χ3n) is 1.31. The van der Waals surface area contributed by atoms with Gasteiger partial charge in [0.2, 0.25) is 0 Å². The first-order valence-electron chi connectivity index (χ1n) is 3.34. The summed E-state index contributed by atoms with van der Waals surface area (Å²) in [5.74, 6) is 0.687. The number of benzene rings is 1. The molecule has 0 atom stereocenters. The normalized spacial score (nSPS) is 9.58. The van der Waals surface area contributed by atoms with Crippen molar-refractivity contribution < 1.29 is 13.9 Å². The van der Waals surface area contributed by atoms with E-state index < -0.39 is 0 Å². The molecule has 0 aliphatic carbocycles. The summed E-state index contributed by atoms with van der Waals surface area (Å²) in [6.45, 7) is 0. The van der Waals surface area contributed by atoms with Gasteiger partial charge in [0.25, 0.3) is 0 Å². The highest BCUT2D eigenvalue weighted by atomic mass is 32.1. The van der Waals surface area contributed by atoms with Crippen molar-refractivity contribution in [2.24, 2.45) is 0 Å². The molecule has 0 radical (unpaired) electrons. The van der Waals surface area contributed by atoms with Crippen LogP contribution >= 0.6 is 12.6 Å². The summed E-state index contributed by atoms with van der Waals surface area (Å²) in [7, 11) is 1.47. The fraction of sp³-hybridized carbons (Fsp3) is 0.250. The lowest BCUT2D eigenvalue weighted by atomic mass is 10.3. The molecular formula is C8H9FO2S. The molecule has 0 amide bonds. The van der Waals surface area contributed by atoms with Gasteiger partial charge in [-0.2, -0.15) is 0 Å². The molecule has 0 fully saturated rings. The van der Waals surface area contributed by atoms with Crippen molar-refractivity contribution in [1.82, 2.24) is 0 Å². The van der Waals surface area contributed by atoms with E-state index in [-0.39, 0.29) is 11.8 Å². The predicted octanol–water partition coefficient (Wildman–Crippen LogP) is 2.10. The largest absolute Gasteiger partial charge is 0.497 e. The minimum atomic E-state index is -0.383. The Morgan fingerprint density at radius 1 is 1.33 bits per heavy atom. The second kappa shape index (κ2) is 4.21. The zero-order valence-electron chi connectivity index (χ0n) is 6.58. The molecule has 66 valence electrons. The van der Waals surface area contributed by atoms with E-state index in [4.69, 9.17) is 9.47 Å². The number of methoxy groups -OCH3 is 1. The van der Waals surface area contributed by atoms with Crippen LogP contribution in [0.1, 0.15) is 0 Å². The second-order valence-electron chi connectivity index (χ2n) is 2.10. The summed E-state index contributed by atoms with van der Waals surface area (Å²) < 4.78 is 22.6. The summed E-state index contributed by atoms with van der Waals surface area (Å²) in [5.41, 5.74) is 0. The van der Waals surface area contributed by atoms with Crippen LogP contribution in [-0.2, 0) is 0 Å². The highest BCUT2D eigenvalue weighted by Gasteiger charge is 2.00. The molecule has 0 aliphatic rings. The number of thiol groups is 1. The third kappa shape index (κ3) is 2.30. The van der Waals surface area contributed by atoms with Crippen LogP contribution in [0.5, 0.6) is 11.5 Å². The monoisotopic (exact) mass is 188 g/mol. The van der Waals surface area contributed by atoms with Crippen LogP contribution in [0.3, 0.4) is 0 Å². The van der Waals surface area contributed by atoms with E-state index >= 15 is 0 Å². The van der Waals surface area contributed by atoms with E-state index in [0.717, 1.165) is 0 Å². The number of halogens is 1. The summed E-state index contributed by atoms with van der Waals surface area (Å²) >= 11 is 3.84. The van der Waals surface area contributed by atoms with Gasteiger partial charge in [-0.15, -0.1) is 12.6 Å². The van der Waals surface area contributed by atoms with Gasteiger partial charge in [0.1, 0.15) is 23.3 Å². The van der Waals surface area contributed by atoms with E-state index in [1.165, 1.54) is 19.2 Å². The van der Waals surface area contributed by atoms with Crippen molar-refractivity contribution >= 4 is 12.6 Å². The summed E-state index contributed by atoms with van der Waals surface area (Å²) in [4.78, 5) is 0. The second-order valence-corrected chi connectivity index (χ2v) is 2.36. The Morgan fingerprint density at radius 2 is 2.00 bits per heavy atom. The van der Waals surface area contributed by atoms with Crippen LogP contribution in [-0.4, -0.2) is 13.0 Å². The number of ether oxygens (including phenoxy) is 2. The van der Waals surface area contributed by atoms with Gasteiger partial charge in [-0.1, -0.05) is 0 Å². The molecule has 4 heteroatoms. The van der Waals surface area contributed by atoms with Crippen LogP contribution in [0.2, 0.25) is 0 Å². The summed E-state index contributed by atoms with van der Waals surface area (Å²) in [5, 5.41) is 0. The molecule has 0 bridgehead atoms. The Kier molecular flexibility index (Phi) is 3.22. The lowest BCUT2D eigenvalue weighted by molar-refractivity contribution is 0.377. The number of hydrogen-bond donors (Lipinski definition) is 1. The number of rotatable bonds is 3. The number of hydrogen-bond acceptors (Lipinski definition) is 3. The first-order chi connectivity index (χ1) is 5.76. The lowest BCUT2D eigenvalue weighted by Gasteiger charge is -2.04. The quantitative estimate of drug-likeness (QED) is 0.578. The van der Waals surface area contributed by atoms with Crippen molar-refractivity contribution in [2.45, 2.75) is 0 Å². The van der Waals surface area contributed by atoms with Crippen LogP contribution in [0.4, 0.5) is 4.39 Å². The van der Waals surface area contributed by atoms with Gasteiger partial charge in [0.15, 0.2) is 0 Å². The van der Waals surface area contributed by atoms with Crippen molar-refractivity contribution in [2.75, 3.05) is 13.0 Å². The summed E-state index contributed by atoms with van der Waals surface area (Å²) in [6, 6.07) is 4.16. The standard InChI is InChI=1S/C8H9FO2S/c1-10-7-2-6(9)3-8(4-7)11-5-12/h2-4,12H,5H2,1H3. The van der Waals surface area contributed by atoms with Crippen LogP contribution in [0.15, 0.2) is 18.2 Å². The molecule has 0 aliphatic heterocycles. The molecule has 1 aromatic rings. The first kappa shape index (κ1) is 9.19. The average molecular weight is 188 g/mol. The van der Waals surface area contributed by atoms with Crippen LogP contribution < -0.4 is 9.47 Å². The smallest absolute Gasteiger partial charge is 0.131 e. The molecule has 0 spiro atoms. The third-order valence-corrected chi connectivity index (χ3v) is 1.44. The van der Waals surface area contributed by atoms with Crippen molar-refractivity contribution in [3.8, 4) is 11.5 Å². The molecule has 0 saturated carbocycles. The maximum Gasteiger partial charge on any atom is 0.131 e. The van der Waals surface area contributed by atoms with Crippen LogP contribution in [0, 0.1) is 5.82 Å². The predicted molar refractivity (Wildman–Crippen MR) is 47.4 cm³/mol. The topological polar surface area (TPSA) is 18.5 Å². The molecule has 0 saturated heterocycles. The molecular weight excluding hydrogens is 179 g/mol.